The van der Waals surface area contributed by atoms with Crippen molar-refractivity contribution in [3.63, 3.8) is 0 Å². The highest BCUT2D eigenvalue weighted by molar-refractivity contribution is 5.39. The molecule has 0 fully saturated rings. The van der Waals surface area contributed by atoms with Crippen LogP contribution in [0.5, 0.6) is 11.5 Å². The van der Waals surface area contributed by atoms with Gasteiger partial charge in [-0.3, -0.25) is 10.1 Å². The van der Waals surface area contributed by atoms with Gasteiger partial charge in [0.05, 0.1) is 12.0 Å². The number of hydrogen-bond acceptors (Lipinski definition) is 5. The Bertz CT molecular complexity index is 699. The van der Waals surface area contributed by atoms with Crippen LogP contribution in [-0.2, 0) is 13.0 Å². The van der Waals surface area contributed by atoms with Crippen LogP contribution >= 0.6 is 0 Å². The maximum absolute atomic E-state index is 10.7. The van der Waals surface area contributed by atoms with Crippen molar-refractivity contribution in [2.75, 3.05) is 27.7 Å². The van der Waals surface area contributed by atoms with Crippen molar-refractivity contribution in [3.05, 3.63) is 63.7 Å². The first-order chi connectivity index (χ1) is 12.0. The zero-order valence-electron chi connectivity index (χ0n) is 14.9. The van der Waals surface area contributed by atoms with E-state index in [9.17, 15) is 10.1 Å². The van der Waals surface area contributed by atoms with E-state index < -0.39 is 4.92 Å². The number of non-ortho nitro benzene ring substituents is 1. The van der Waals surface area contributed by atoms with Crippen LogP contribution in [0.15, 0.2) is 42.5 Å². The van der Waals surface area contributed by atoms with E-state index in [1.165, 1.54) is 17.7 Å². The minimum Gasteiger partial charge on any atom is -0.496 e. The largest absolute Gasteiger partial charge is 0.496 e. The Labute approximate surface area is 148 Å². The van der Waals surface area contributed by atoms with Crippen LogP contribution in [0.4, 0.5) is 5.69 Å². The third kappa shape index (κ3) is 5.76. The topological polar surface area (TPSA) is 64.8 Å². The number of aryl methyl sites for hydroxylation is 1. The molecule has 0 amide bonds. The molecule has 0 aliphatic heterocycles. The van der Waals surface area contributed by atoms with Gasteiger partial charge in [-0.25, -0.2) is 0 Å². The first-order valence-corrected chi connectivity index (χ1v) is 8.17. The Balaban J connectivity index is 2.02. The summed E-state index contributed by atoms with van der Waals surface area (Å²) in [6, 6.07) is 12.2. The van der Waals surface area contributed by atoms with Gasteiger partial charge in [0.1, 0.15) is 18.1 Å². The number of rotatable bonds is 9. The molecule has 0 aromatic heterocycles. The molecule has 0 radical (unpaired) electrons. The van der Waals surface area contributed by atoms with Crippen molar-refractivity contribution in [3.8, 4) is 11.5 Å². The highest BCUT2D eigenvalue weighted by atomic mass is 16.6. The van der Waals surface area contributed by atoms with Gasteiger partial charge < -0.3 is 14.4 Å². The maximum atomic E-state index is 10.7. The lowest BCUT2D eigenvalue weighted by molar-refractivity contribution is -0.384. The summed E-state index contributed by atoms with van der Waals surface area (Å²) in [5.74, 6) is 1.36. The van der Waals surface area contributed by atoms with Crippen LogP contribution in [-0.4, -0.2) is 37.6 Å². The fourth-order valence-corrected chi connectivity index (χ4v) is 2.52. The Kier molecular flexibility index (Phi) is 6.77. The first kappa shape index (κ1) is 18.7. The monoisotopic (exact) mass is 344 g/mol. The normalized spacial score (nSPS) is 10.7. The van der Waals surface area contributed by atoms with Crippen molar-refractivity contribution < 1.29 is 14.4 Å². The van der Waals surface area contributed by atoms with E-state index in [2.05, 4.69) is 31.1 Å². The molecule has 0 heterocycles. The summed E-state index contributed by atoms with van der Waals surface area (Å²) in [5.41, 5.74) is 2.25. The van der Waals surface area contributed by atoms with Gasteiger partial charge in [0.2, 0.25) is 0 Å². The second-order valence-electron chi connectivity index (χ2n) is 6.09. The van der Waals surface area contributed by atoms with E-state index in [0.717, 1.165) is 30.7 Å². The van der Waals surface area contributed by atoms with Gasteiger partial charge >= 0.3 is 0 Å². The second kappa shape index (κ2) is 9.03. The molecule has 0 saturated carbocycles. The molecule has 2 rings (SSSR count). The maximum Gasteiger partial charge on any atom is 0.269 e. The molecule has 25 heavy (non-hydrogen) atoms. The summed E-state index contributed by atoms with van der Waals surface area (Å²) in [6.07, 6.45) is 2.08. The summed E-state index contributed by atoms with van der Waals surface area (Å²) in [7, 11) is 5.77. The van der Waals surface area contributed by atoms with Crippen LogP contribution in [0.25, 0.3) is 0 Å². The van der Waals surface area contributed by atoms with E-state index in [1.807, 2.05) is 6.07 Å². The van der Waals surface area contributed by atoms with Gasteiger partial charge in [0.25, 0.3) is 5.69 Å². The fourth-order valence-electron chi connectivity index (χ4n) is 2.52. The highest BCUT2D eigenvalue weighted by Crippen LogP contribution is 2.24. The zero-order chi connectivity index (χ0) is 18.2. The van der Waals surface area contributed by atoms with Crippen molar-refractivity contribution >= 4 is 5.69 Å². The van der Waals surface area contributed by atoms with Crippen LogP contribution < -0.4 is 9.47 Å². The second-order valence-corrected chi connectivity index (χ2v) is 6.09. The van der Waals surface area contributed by atoms with Crippen molar-refractivity contribution in [2.45, 2.75) is 19.4 Å². The molecule has 0 unspecified atom stereocenters. The molecule has 0 saturated heterocycles. The van der Waals surface area contributed by atoms with E-state index in [1.54, 1.807) is 19.2 Å². The van der Waals surface area contributed by atoms with Crippen molar-refractivity contribution in [1.82, 2.24) is 4.90 Å². The highest BCUT2D eigenvalue weighted by Gasteiger charge is 2.08. The van der Waals surface area contributed by atoms with E-state index in [0.29, 0.717) is 12.4 Å². The van der Waals surface area contributed by atoms with Gasteiger partial charge in [0, 0.05) is 17.7 Å². The minimum absolute atomic E-state index is 0.0489. The summed E-state index contributed by atoms with van der Waals surface area (Å²) in [6.45, 7) is 1.39. The molecule has 6 nitrogen and oxygen atoms in total. The van der Waals surface area contributed by atoms with Gasteiger partial charge in [-0.15, -0.1) is 0 Å². The van der Waals surface area contributed by atoms with Gasteiger partial charge in [0.15, 0.2) is 0 Å². The number of hydrogen-bond donors (Lipinski definition) is 0. The number of benzene rings is 2. The molecular weight excluding hydrogens is 320 g/mol. The number of nitrogens with zero attached hydrogens (tertiary/aromatic N) is 2. The quantitative estimate of drug-likeness (QED) is 0.513. The Morgan fingerprint density at radius 2 is 1.84 bits per heavy atom. The number of nitro benzene ring substituents is 1. The van der Waals surface area contributed by atoms with Crippen LogP contribution in [0.2, 0.25) is 0 Å². The van der Waals surface area contributed by atoms with E-state index >= 15 is 0 Å². The van der Waals surface area contributed by atoms with E-state index in [-0.39, 0.29) is 5.69 Å². The smallest absolute Gasteiger partial charge is 0.269 e. The Hall–Kier alpha value is -2.60. The third-order valence-corrected chi connectivity index (χ3v) is 3.86. The van der Waals surface area contributed by atoms with Crippen LogP contribution in [0.1, 0.15) is 17.5 Å². The molecule has 0 bridgehead atoms. The van der Waals surface area contributed by atoms with Gasteiger partial charge in [-0.2, -0.15) is 0 Å². The fraction of sp³-hybridized carbons (Fsp3) is 0.368. The lowest BCUT2D eigenvalue weighted by atomic mass is 10.1. The summed E-state index contributed by atoms with van der Waals surface area (Å²) >= 11 is 0. The predicted molar refractivity (Wildman–Crippen MR) is 97.3 cm³/mol. The summed E-state index contributed by atoms with van der Waals surface area (Å²) < 4.78 is 11.2. The molecule has 134 valence electrons. The Morgan fingerprint density at radius 1 is 1.12 bits per heavy atom. The first-order valence-electron chi connectivity index (χ1n) is 8.17. The minimum atomic E-state index is -0.427. The van der Waals surface area contributed by atoms with Crippen LogP contribution in [0, 0.1) is 10.1 Å². The molecule has 0 atom stereocenters. The lowest BCUT2D eigenvalue weighted by Crippen LogP contribution is -2.13. The summed E-state index contributed by atoms with van der Waals surface area (Å²) in [5, 5.41) is 10.7. The van der Waals surface area contributed by atoms with Crippen molar-refractivity contribution in [2.24, 2.45) is 0 Å². The molecule has 0 aliphatic rings. The summed E-state index contributed by atoms with van der Waals surface area (Å²) in [4.78, 5) is 12.4. The van der Waals surface area contributed by atoms with Crippen LogP contribution in [0.3, 0.4) is 0 Å². The SMILES string of the molecule is COc1ccc(CCCN(C)C)cc1COc1ccc([N+](=O)[O-])cc1. The lowest BCUT2D eigenvalue weighted by Gasteiger charge is -2.13. The standard InChI is InChI=1S/C19H24N2O4/c1-20(2)12-4-5-15-6-11-19(24-3)16(13-15)14-25-18-9-7-17(8-10-18)21(22)23/h6-11,13H,4-5,12,14H2,1-3H3. The molecular formula is C19H24N2O4. The van der Waals surface area contributed by atoms with Crippen molar-refractivity contribution in [1.29, 1.82) is 0 Å². The average molecular weight is 344 g/mol. The molecule has 6 heteroatoms. The average Bonchev–Trinajstić information content (AvgIpc) is 2.60. The zero-order valence-corrected chi connectivity index (χ0v) is 14.9. The number of ether oxygens (including phenoxy) is 2. The van der Waals surface area contributed by atoms with Gasteiger partial charge in [-0.1, -0.05) is 6.07 Å². The molecule has 0 N–H and O–H groups in total. The number of methoxy groups -OCH3 is 1. The molecule has 0 spiro atoms. The molecule has 2 aromatic rings. The third-order valence-electron chi connectivity index (χ3n) is 3.86. The van der Waals surface area contributed by atoms with Gasteiger partial charge in [-0.05, 0) is 63.3 Å². The van der Waals surface area contributed by atoms with E-state index in [4.69, 9.17) is 9.47 Å². The molecule has 2 aromatic carbocycles. The Morgan fingerprint density at radius 3 is 2.44 bits per heavy atom. The molecule has 0 aliphatic carbocycles. The predicted octanol–water partition coefficient (Wildman–Crippen LogP) is 3.68. The number of nitro groups is 1.